The number of carbonyl (C=O) groups is 1. The number of cyclic esters (lactones) is 1. The summed E-state index contributed by atoms with van der Waals surface area (Å²) in [5, 5.41) is 0. The van der Waals surface area contributed by atoms with Crippen molar-refractivity contribution in [3.63, 3.8) is 0 Å². The fourth-order valence-corrected chi connectivity index (χ4v) is 1.63. The SMILES string of the molecule is CCCC1CCCC(C)C(=O)O1. The first kappa shape index (κ1) is 9.56. The minimum Gasteiger partial charge on any atom is -0.462 e. The molecule has 0 radical (unpaired) electrons. The molecule has 1 rings (SSSR count). The van der Waals surface area contributed by atoms with Crippen molar-refractivity contribution >= 4 is 5.97 Å². The molecule has 0 amide bonds. The zero-order valence-electron chi connectivity index (χ0n) is 8.01. The van der Waals surface area contributed by atoms with Gasteiger partial charge in [0.25, 0.3) is 0 Å². The Morgan fingerprint density at radius 2 is 2.25 bits per heavy atom. The lowest BCUT2D eigenvalue weighted by molar-refractivity contribution is -0.152. The number of carbonyl (C=O) groups excluding carboxylic acids is 1. The lowest BCUT2D eigenvalue weighted by Crippen LogP contribution is -2.18. The van der Waals surface area contributed by atoms with Crippen molar-refractivity contribution in [2.45, 2.75) is 52.1 Å². The second-order valence-electron chi connectivity index (χ2n) is 3.68. The first-order chi connectivity index (χ1) is 5.74. The van der Waals surface area contributed by atoms with Gasteiger partial charge in [-0.15, -0.1) is 0 Å². The van der Waals surface area contributed by atoms with E-state index in [0.717, 1.165) is 32.1 Å². The van der Waals surface area contributed by atoms with Gasteiger partial charge in [-0.2, -0.15) is 0 Å². The van der Waals surface area contributed by atoms with Gasteiger partial charge in [-0.05, 0) is 25.7 Å². The second-order valence-corrected chi connectivity index (χ2v) is 3.68. The van der Waals surface area contributed by atoms with E-state index >= 15 is 0 Å². The topological polar surface area (TPSA) is 26.3 Å². The Hall–Kier alpha value is -0.530. The number of ether oxygens (including phenoxy) is 1. The van der Waals surface area contributed by atoms with E-state index in [1.165, 1.54) is 0 Å². The highest BCUT2D eigenvalue weighted by molar-refractivity contribution is 5.72. The van der Waals surface area contributed by atoms with Crippen molar-refractivity contribution < 1.29 is 9.53 Å². The van der Waals surface area contributed by atoms with E-state index in [-0.39, 0.29) is 18.0 Å². The molecule has 0 aromatic heterocycles. The molecule has 1 heterocycles. The number of esters is 1. The third kappa shape index (κ3) is 2.50. The first-order valence-corrected chi connectivity index (χ1v) is 4.94. The fraction of sp³-hybridized carbons (Fsp3) is 0.900. The van der Waals surface area contributed by atoms with Gasteiger partial charge in [-0.1, -0.05) is 20.3 Å². The van der Waals surface area contributed by atoms with E-state index in [0.29, 0.717) is 0 Å². The van der Waals surface area contributed by atoms with Crippen LogP contribution in [0, 0.1) is 5.92 Å². The monoisotopic (exact) mass is 170 g/mol. The second kappa shape index (κ2) is 4.48. The highest BCUT2D eigenvalue weighted by atomic mass is 16.5. The molecule has 1 aliphatic rings. The summed E-state index contributed by atoms with van der Waals surface area (Å²) in [5.74, 6) is 0.123. The lowest BCUT2D eigenvalue weighted by Gasteiger charge is -2.14. The van der Waals surface area contributed by atoms with Crippen molar-refractivity contribution in [1.29, 1.82) is 0 Å². The maximum Gasteiger partial charge on any atom is 0.308 e. The standard InChI is InChI=1S/C10H18O2/c1-3-5-9-7-4-6-8(2)10(11)12-9/h8-9H,3-7H2,1-2H3. The van der Waals surface area contributed by atoms with Crippen LogP contribution >= 0.6 is 0 Å². The summed E-state index contributed by atoms with van der Waals surface area (Å²) in [6.07, 6.45) is 5.53. The predicted octanol–water partition coefficient (Wildman–Crippen LogP) is 2.52. The third-order valence-electron chi connectivity index (χ3n) is 2.46. The summed E-state index contributed by atoms with van der Waals surface area (Å²) >= 11 is 0. The average molecular weight is 170 g/mol. The summed E-state index contributed by atoms with van der Waals surface area (Å²) in [5.41, 5.74) is 0. The van der Waals surface area contributed by atoms with Gasteiger partial charge in [0.15, 0.2) is 0 Å². The Kier molecular flexibility index (Phi) is 3.57. The fourth-order valence-electron chi connectivity index (χ4n) is 1.63. The van der Waals surface area contributed by atoms with Crippen LogP contribution in [0.1, 0.15) is 46.0 Å². The van der Waals surface area contributed by atoms with E-state index < -0.39 is 0 Å². The summed E-state index contributed by atoms with van der Waals surface area (Å²) in [6.45, 7) is 4.08. The summed E-state index contributed by atoms with van der Waals surface area (Å²) in [4.78, 5) is 11.3. The number of hydrogen-bond acceptors (Lipinski definition) is 2. The van der Waals surface area contributed by atoms with Gasteiger partial charge in [0.05, 0.1) is 5.92 Å². The van der Waals surface area contributed by atoms with Crippen LogP contribution in [0.4, 0.5) is 0 Å². The lowest BCUT2D eigenvalue weighted by atomic mass is 10.0. The number of hydrogen-bond donors (Lipinski definition) is 0. The molecule has 0 N–H and O–H groups in total. The molecule has 70 valence electrons. The van der Waals surface area contributed by atoms with Crippen LogP contribution in [-0.2, 0) is 9.53 Å². The van der Waals surface area contributed by atoms with E-state index in [4.69, 9.17) is 4.74 Å². The van der Waals surface area contributed by atoms with Crippen LogP contribution in [0.5, 0.6) is 0 Å². The molecule has 0 spiro atoms. The molecule has 1 saturated heterocycles. The van der Waals surface area contributed by atoms with Crippen molar-refractivity contribution in [1.82, 2.24) is 0 Å². The van der Waals surface area contributed by atoms with Gasteiger partial charge in [0.1, 0.15) is 6.10 Å². The van der Waals surface area contributed by atoms with Crippen LogP contribution in [0.15, 0.2) is 0 Å². The van der Waals surface area contributed by atoms with Gasteiger partial charge in [0, 0.05) is 0 Å². The molecule has 12 heavy (non-hydrogen) atoms. The Bertz CT molecular complexity index is 154. The highest BCUT2D eigenvalue weighted by Crippen LogP contribution is 2.21. The van der Waals surface area contributed by atoms with Crippen LogP contribution in [0.25, 0.3) is 0 Å². The van der Waals surface area contributed by atoms with Crippen molar-refractivity contribution in [3.05, 3.63) is 0 Å². The molecule has 0 aromatic rings. The summed E-state index contributed by atoms with van der Waals surface area (Å²) in [7, 11) is 0. The van der Waals surface area contributed by atoms with Gasteiger partial charge in [-0.3, -0.25) is 4.79 Å². The Labute approximate surface area is 74.3 Å². The third-order valence-corrected chi connectivity index (χ3v) is 2.46. The molecule has 0 bridgehead atoms. The van der Waals surface area contributed by atoms with Crippen molar-refractivity contribution in [2.24, 2.45) is 5.92 Å². The molecule has 0 saturated carbocycles. The Morgan fingerprint density at radius 3 is 2.92 bits per heavy atom. The van der Waals surface area contributed by atoms with Gasteiger partial charge in [-0.25, -0.2) is 0 Å². The van der Waals surface area contributed by atoms with E-state index in [9.17, 15) is 4.79 Å². The summed E-state index contributed by atoms with van der Waals surface area (Å²) < 4.78 is 5.33. The van der Waals surface area contributed by atoms with Gasteiger partial charge >= 0.3 is 5.97 Å². The van der Waals surface area contributed by atoms with E-state index in [2.05, 4.69) is 6.92 Å². The molecular weight excluding hydrogens is 152 g/mol. The van der Waals surface area contributed by atoms with Gasteiger partial charge in [0.2, 0.25) is 0 Å². The van der Waals surface area contributed by atoms with Crippen LogP contribution in [0.3, 0.4) is 0 Å². The molecule has 2 heteroatoms. The molecule has 1 fully saturated rings. The molecule has 2 nitrogen and oxygen atoms in total. The normalized spacial score (nSPS) is 31.0. The first-order valence-electron chi connectivity index (χ1n) is 4.94. The average Bonchev–Trinajstić information content (AvgIpc) is 2.16. The minimum atomic E-state index is 0.00551. The zero-order valence-corrected chi connectivity index (χ0v) is 8.01. The molecule has 2 unspecified atom stereocenters. The zero-order chi connectivity index (χ0) is 8.97. The highest BCUT2D eigenvalue weighted by Gasteiger charge is 2.23. The molecule has 0 aliphatic carbocycles. The Morgan fingerprint density at radius 1 is 1.50 bits per heavy atom. The maximum absolute atomic E-state index is 11.3. The van der Waals surface area contributed by atoms with Crippen LogP contribution in [0.2, 0.25) is 0 Å². The predicted molar refractivity (Wildman–Crippen MR) is 47.8 cm³/mol. The molecule has 1 aliphatic heterocycles. The Balaban J connectivity index is 2.42. The smallest absolute Gasteiger partial charge is 0.308 e. The minimum absolute atomic E-state index is 0.00551. The summed E-state index contributed by atoms with van der Waals surface area (Å²) in [6, 6.07) is 0. The van der Waals surface area contributed by atoms with Gasteiger partial charge < -0.3 is 4.74 Å². The quantitative estimate of drug-likeness (QED) is 0.595. The van der Waals surface area contributed by atoms with E-state index in [1.54, 1.807) is 0 Å². The van der Waals surface area contributed by atoms with E-state index in [1.807, 2.05) is 6.92 Å². The van der Waals surface area contributed by atoms with Crippen molar-refractivity contribution in [3.8, 4) is 0 Å². The van der Waals surface area contributed by atoms with Crippen molar-refractivity contribution in [2.75, 3.05) is 0 Å². The maximum atomic E-state index is 11.3. The molecule has 2 atom stereocenters. The number of rotatable bonds is 2. The molecular formula is C10H18O2. The van der Waals surface area contributed by atoms with Crippen LogP contribution < -0.4 is 0 Å². The molecule has 0 aromatic carbocycles. The van der Waals surface area contributed by atoms with Crippen LogP contribution in [-0.4, -0.2) is 12.1 Å². The largest absolute Gasteiger partial charge is 0.462 e.